The number of hydrogen-bond acceptors (Lipinski definition) is 4. The molecule has 2 aromatic carbocycles. The normalized spacial score (nSPS) is 13.5. The maximum atomic E-state index is 12.7. The molecule has 5 nitrogen and oxygen atoms in total. The first-order chi connectivity index (χ1) is 11.8. The topological polar surface area (TPSA) is 64.6 Å². The fourth-order valence-corrected chi connectivity index (χ4v) is 2.25. The standard InChI is InChI=1S/C17H12F3NO4/c18-17(19,20)11-2-1-3-12(7-11)24-8-14(22)10-4-5-15-13(6-10)21-16(23)9-25-15/h1-7H,8-9H2,(H,21,23). The van der Waals surface area contributed by atoms with Gasteiger partial charge in [0.25, 0.3) is 5.91 Å². The average Bonchev–Trinajstić information content (AvgIpc) is 2.58. The van der Waals surface area contributed by atoms with E-state index < -0.39 is 24.1 Å². The molecule has 3 rings (SSSR count). The van der Waals surface area contributed by atoms with Crippen molar-refractivity contribution in [2.75, 3.05) is 18.5 Å². The number of carbonyl (C=O) groups excluding carboxylic acids is 2. The van der Waals surface area contributed by atoms with Gasteiger partial charge in [-0.1, -0.05) is 6.07 Å². The summed E-state index contributed by atoms with van der Waals surface area (Å²) in [5.41, 5.74) is -0.246. The molecule has 0 aromatic heterocycles. The smallest absolute Gasteiger partial charge is 0.416 e. The Morgan fingerprint density at radius 2 is 2.00 bits per heavy atom. The first-order valence-corrected chi connectivity index (χ1v) is 7.23. The molecule has 0 bridgehead atoms. The van der Waals surface area contributed by atoms with Crippen molar-refractivity contribution in [1.82, 2.24) is 0 Å². The summed E-state index contributed by atoms with van der Waals surface area (Å²) in [6.07, 6.45) is -4.49. The molecule has 0 fully saturated rings. The molecule has 1 aliphatic rings. The van der Waals surface area contributed by atoms with Crippen LogP contribution in [0.4, 0.5) is 18.9 Å². The highest BCUT2D eigenvalue weighted by atomic mass is 19.4. The molecule has 0 aliphatic carbocycles. The number of rotatable bonds is 4. The second-order valence-electron chi connectivity index (χ2n) is 5.29. The molecule has 8 heteroatoms. The second-order valence-corrected chi connectivity index (χ2v) is 5.29. The number of Topliss-reactive ketones (excluding diaryl/α,β-unsaturated/α-hetero) is 1. The Morgan fingerprint density at radius 3 is 2.76 bits per heavy atom. The van der Waals surface area contributed by atoms with Crippen LogP contribution in [0.2, 0.25) is 0 Å². The maximum absolute atomic E-state index is 12.7. The lowest BCUT2D eigenvalue weighted by atomic mass is 10.1. The Kier molecular flexibility index (Phi) is 4.35. The van der Waals surface area contributed by atoms with E-state index in [1.807, 2.05) is 0 Å². The van der Waals surface area contributed by atoms with Gasteiger partial charge >= 0.3 is 6.18 Å². The van der Waals surface area contributed by atoms with Crippen molar-refractivity contribution in [3.05, 3.63) is 53.6 Å². The zero-order valence-electron chi connectivity index (χ0n) is 12.7. The third kappa shape index (κ3) is 3.90. The number of benzene rings is 2. The van der Waals surface area contributed by atoms with Gasteiger partial charge in [-0.3, -0.25) is 9.59 Å². The van der Waals surface area contributed by atoms with Gasteiger partial charge in [0.2, 0.25) is 0 Å². The van der Waals surface area contributed by atoms with Crippen molar-refractivity contribution >= 4 is 17.4 Å². The highest BCUT2D eigenvalue weighted by molar-refractivity contribution is 6.01. The lowest BCUT2D eigenvalue weighted by molar-refractivity contribution is -0.137. The number of fused-ring (bicyclic) bond motifs is 1. The van der Waals surface area contributed by atoms with Gasteiger partial charge in [-0.15, -0.1) is 0 Å². The molecule has 1 heterocycles. The van der Waals surface area contributed by atoms with Crippen LogP contribution in [0.15, 0.2) is 42.5 Å². The van der Waals surface area contributed by atoms with E-state index in [0.717, 1.165) is 12.1 Å². The maximum Gasteiger partial charge on any atom is 0.416 e. The number of nitrogens with one attached hydrogen (secondary N) is 1. The molecular formula is C17H12F3NO4. The molecule has 130 valence electrons. The van der Waals surface area contributed by atoms with E-state index >= 15 is 0 Å². The van der Waals surface area contributed by atoms with Gasteiger partial charge in [0, 0.05) is 5.56 Å². The van der Waals surface area contributed by atoms with Crippen LogP contribution in [0.1, 0.15) is 15.9 Å². The number of carbonyl (C=O) groups is 2. The van der Waals surface area contributed by atoms with Crippen LogP contribution in [0.3, 0.4) is 0 Å². The molecule has 2 aromatic rings. The highest BCUT2D eigenvalue weighted by Gasteiger charge is 2.30. The van der Waals surface area contributed by atoms with E-state index in [0.29, 0.717) is 11.4 Å². The number of alkyl halides is 3. The minimum atomic E-state index is -4.49. The summed E-state index contributed by atoms with van der Waals surface area (Å²) < 4.78 is 48.3. The van der Waals surface area contributed by atoms with Crippen LogP contribution in [0, 0.1) is 0 Å². The number of halogens is 3. The lowest BCUT2D eigenvalue weighted by Crippen LogP contribution is -2.25. The van der Waals surface area contributed by atoms with Gasteiger partial charge in [-0.05, 0) is 36.4 Å². The Hall–Kier alpha value is -3.03. The Morgan fingerprint density at radius 1 is 1.20 bits per heavy atom. The third-order valence-corrected chi connectivity index (χ3v) is 3.47. The molecule has 0 spiro atoms. The molecule has 0 saturated carbocycles. The first kappa shape index (κ1) is 16.8. The minimum Gasteiger partial charge on any atom is -0.485 e. The molecule has 0 radical (unpaired) electrons. The minimum absolute atomic E-state index is 0.0576. The third-order valence-electron chi connectivity index (χ3n) is 3.47. The monoisotopic (exact) mass is 351 g/mol. The highest BCUT2D eigenvalue weighted by Crippen LogP contribution is 2.31. The molecule has 1 aliphatic heterocycles. The zero-order valence-corrected chi connectivity index (χ0v) is 12.7. The van der Waals surface area contributed by atoms with Gasteiger partial charge in [-0.2, -0.15) is 13.2 Å². The fourth-order valence-electron chi connectivity index (χ4n) is 2.25. The summed E-state index contributed by atoms with van der Waals surface area (Å²) >= 11 is 0. The van der Waals surface area contributed by atoms with Crippen LogP contribution in [0.5, 0.6) is 11.5 Å². The van der Waals surface area contributed by atoms with Crippen LogP contribution >= 0.6 is 0 Å². The molecular weight excluding hydrogens is 339 g/mol. The Balaban J connectivity index is 1.69. The van der Waals surface area contributed by atoms with Gasteiger partial charge in [0.1, 0.15) is 11.5 Å². The number of hydrogen-bond donors (Lipinski definition) is 1. The Labute approximate surface area is 140 Å². The molecule has 1 N–H and O–H groups in total. The van der Waals surface area contributed by atoms with Crippen molar-refractivity contribution in [2.45, 2.75) is 6.18 Å². The summed E-state index contributed by atoms with van der Waals surface area (Å²) in [5, 5.41) is 2.57. The summed E-state index contributed by atoms with van der Waals surface area (Å²) in [4.78, 5) is 23.5. The molecule has 1 amide bonds. The fraction of sp³-hybridized carbons (Fsp3) is 0.176. The van der Waals surface area contributed by atoms with E-state index in [-0.39, 0.29) is 23.8 Å². The molecule has 25 heavy (non-hydrogen) atoms. The van der Waals surface area contributed by atoms with Crippen LogP contribution < -0.4 is 14.8 Å². The van der Waals surface area contributed by atoms with Crippen molar-refractivity contribution < 1.29 is 32.2 Å². The van der Waals surface area contributed by atoms with Crippen LogP contribution in [0.25, 0.3) is 0 Å². The summed E-state index contributed by atoms with van der Waals surface area (Å²) in [5.74, 6) is -0.398. The summed E-state index contributed by atoms with van der Waals surface area (Å²) in [6.45, 7) is -0.534. The quantitative estimate of drug-likeness (QED) is 0.859. The van der Waals surface area contributed by atoms with Crippen LogP contribution in [-0.2, 0) is 11.0 Å². The van der Waals surface area contributed by atoms with Gasteiger partial charge in [0.15, 0.2) is 19.0 Å². The summed E-state index contributed by atoms with van der Waals surface area (Å²) in [6, 6.07) is 8.75. The molecule has 0 unspecified atom stereocenters. The van der Waals surface area contributed by atoms with Crippen molar-refractivity contribution in [1.29, 1.82) is 0 Å². The molecule has 0 atom stereocenters. The van der Waals surface area contributed by atoms with Crippen molar-refractivity contribution in [2.24, 2.45) is 0 Å². The van der Waals surface area contributed by atoms with E-state index in [9.17, 15) is 22.8 Å². The number of ether oxygens (including phenoxy) is 2. The Bertz CT molecular complexity index is 833. The number of anilines is 1. The second kappa shape index (κ2) is 6.46. The van der Waals surface area contributed by atoms with Crippen molar-refractivity contribution in [3.8, 4) is 11.5 Å². The first-order valence-electron chi connectivity index (χ1n) is 7.23. The lowest BCUT2D eigenvalue weighted by Gasteiger charge is -2.18. The largest absolute Gasteiger partial charge is 0.485 e. The van der Waals surface area contributed by atoms with Crippen LogP contribution in [-0.4, -0.2) is 24.9 Å². The molecule has 0 saturated heterocycles. The van der Waals surface area contributed by atoms with E-state index in [2.05, 4.69) is 5.32 Å². The van der Waals surface area contributed by atoms with Gasteiger partial charge < -0.3 is 14.8 Å². The predicted molar refractivity (Wildman–Crippen MR) is 81.8 cm³/mol. The number of amides is 1. The predicted octanol–water partition coefficient (Wildman–Crippen LogP) is 3.30. The van der Waals surface area contributed by atoms with E-state index in [1.165, 1.54) is 30.3 Å². The van der Waals surface area contributed by atoms with Gasteiger partial charge in [-0.25, -0.2) is 0 Å². The van der Waals surface area contributed by atoms with Gasteiger partial charge in [0.05, 0.1) is 11.3 Å². The van der Waals surface area contributed by atoms with E-state index in [4.69, 9.17) is 9.47 Å². The average molecular weight is 351 g/mol. The zero-order chi connectivity index (χ0) is 18.0. The summed E-state index contributed by atoms with van der Waals surface area (Å²) in [7, 11) is 0. The van der Waals surface area contributed by atoms with Crippen molar-refractivity contribution in [3.63, 3.8) is 0 Å². The van der Waals surface area contributed by atoms with E-state index in [1.54, 1.807) is 0 Å². The SMILES string of the molecule is O=C1COc2ccc(C(=O)COc3cccc(C(F)(F)F)c3)cc2N1. The number of ketones is 1.